The molecule has 0 atom stereocenters. The number of carbonyl (C=O) groups is 3. The van der Waals surface area contributed by atoms with E-state index in [1.165, 1.54) is 21.6 Å². The highest BCUT2D eigenvalue weighted by Crippen LogP contribution is 2.30. The summed E-state index contributed by atoms with van der Waals surface area (Å²) in [5.41, 5.74) is 0.457. The first-order chi connectivity index (χ1) is 14.4. The highest BCUT2D eigenvalue weighted by molar-refractivity contribution is 6.30. The van der Waals surface area contributed by atoms with Crippen LogP contribution in [0.1, 0.15) is 39.3 Å². The summed E-state index contributed by atoms with van der Waals surface area (Å²) in [6, 6.07) is 9.81. The fraction of sp³-hybridized carbons (Fsp3) is 0.333. The molecule has 30 heavy (non-hydrogen) atoms. The van der Waals surface area contributed by atoms with Crippen molar-refractivity contribution in [3.8, 4) is 0 Å². The number of hydrogen-bond donors (Lipinski definition) is 1. The van der Waals surface area contributed by atoms with Crippen LogP contribution in [0.3, 0.4) is 0 Å². The predicted octanol–water partition coefficient (Wildman–Crippen LogP) is 1.80. The fourth-order valence-corrected chi connectivity index (χ4v) is 3.35. The monoisotopic (exact) mass is 429 g/mol. The molecule has 9 heteroatoms. The maximum absolute atomic E-state index is 12.8. The topological polar surface area (TPSA) is 97.7 Å². The number of fused-ring (bicyclic) bond motifs is 1. The number of rotatable bonds is 6. The Hall–Kier alpha value is -3.13. The largest absolute Gasteiger partial charge is 0.444 e. The van der Waals surface area contributed by atoms with Crippen molar-refractivity contribution in [2.45, 2.75) is 25.9 Å². The van der Waals surface area contributed by atoms with Gasteiger partial charge in [0.15, 0.2) is 6.73 Å². The van der Waals surface area contributed by atoms with Gasteiger partial charge in [0.2, 0.25) is 0 Å². The summed E-state index contributed by atoms with van der Waals surface area (Å²) in [7, 11) is 0. The van der Waals surface area contributed by atoms with Crippen LogP contribution in [0, 0.1) is 5.92 Å². The van der Waals surface area contributed by atoms with Crippen molar-refractivity contribution >= 4 is 29.4 Å². The summed E-state index contributed by atoms with van der Waals surface area (Å²) in [4.78, 5) is 51.0. The predicted molar refractivity (Wildman–Crippen MR) is 108 cm³/mol. The van der Waals surface area contributed by atoms with E-state index in [2.05, 4.69) is 5.32 Å². The first kappa shape index (κ1) is 20.2. The zero-order valence-electron chi connectivity index (χ0n) is 16.1. The number of esters is 1. The maximum Gasteiger partial charge on any atom is 0.310 e. The standard InChI is InChI=1S/C21H20ClN3O5/c22-15-5-1-13(2-6-15)11-23-18(26)16-7-8-17-20(28)24(9-10-25(17)19(16)27)12-30-21(29)14-3-4-14/h1-2,5-8,14H,3-4,9-12H2,(H,23,26). The van der Waals surface area contributed by atoms with Gasteiger partial charge in [0, 0.05) is 24.7 Å². The van der Waals surface area contributed by atoms with Gasteiger partial charge in [-0.15, -0.1) is 0 Å². The van der Waals surface area contributed by atoms with Crippen molar-refractivity contribution in [1.29, 1.82) is 0 Å². The third-order valence-electron chi connectivity index (χ3n) is 5.16. The van der Waals surface area contributed by atoms with Crippen LogP contribution in [0.5, 0.6) is 0 Å². The Morgan fingerprint density at radius 3 is 2.50 bits per heavy atom. The van der Waals surface area contributed by atoms with Gasteiger partial charge >= 0.3 is 5.97 Å². The molecule has 1 aromatic carbocycles. The lowest BCUT2D eigenvalue weighted by Gasteiger charge is -2.29. The third kappa shape index (κ3) is 4.23. The van der Waals surface area contributed by atoms with Crippen molar-refractivity contribution in [1.82, 2.24) is 14.8 Å². The van der Waals surface area contributed by atoms with Crippen LogP contribution in [-0.2, 0) is 22.6 Å². The number of benzene rings is 1. The SMILES string of the molecule is O=C(NCc1ccc(Cl)cc1)c1ccc2n(c1=O)CCN(COC(=O)C1CC1)C2=O. The molecule has 2 amide bonds. The summed E-state index contributed by atoms with van der Waals surface area (Å²) >= 11 is 5.85. The molecular weight excluding hydrogens is 410 g/mol. The molecule has 1 saturated carbocycles. The van der Waals surface area contributed by atoms with Crippen molar-refractivity contribution in [3.63, 3.8) is 0 Å². The third-order valence-corrected chi connectivity index (χ3v) is 5.41. The summed E-state index contributed by atoms with van der Waals surface area (Å²) < 4.78 is 6.46. The van der Waals surface area contributed by atoms with Crippen LogP contribution >= 0.6 is 11.6 Å². The number of aromatic nitrogens is 1. The molecule has 1 N–H and O–H groups in total. The number of ether oxygens (including phenoxy) is 1. The number of hydrogen-bond acceptors (Lipinski definition) is 5. The van der Waals surface area contributed by atoms with Crippen molar-refractivity contribution in [3.05, 3.63) is 68.6 Å². The molecule has 0 unspecified atom stereocenters. The van der Waals surface area contributed by atoms with Gasteiger partial charge in [-0.3, -0.25) is 19.2 Å². The molecule has 1 aliphatic heterocycles. The molecule has 0 saturated heterocycles. The number of amides is 2. The van der Waals surface area contributed by atoms with Gasteiger partial charge in [-0.25, -0.2) is 0 Å². The van der Waals surface area contributed by atoms with E-state index in [0.29, 0.717) is 5.02 Å². The van der Waals surface area contributed by atoms with Crippen molar-refractivity contribution < 1.29 is 19.1 Å². The van der Waals surface area contributed by atoms with Crippen molar-refractivity contribution in [2.24, 2.45) is 5.92 Å². The van der Waals surface area contributed by atoms with E-state index in [9.17, 15) is 19.2 Å². The molecule has 0 bridgehead atoms. The normalized spacial score (nSPS) is 15.5. The minimum Gasteiger partial charge on any atom is -0.444 e. The Morgan fingerprint density at radius 2 is 1.80 bits per heavy atom. The minimum absolute atomic E-state index is 0.0332. The zero-order chi connectivity index (χ0) is 21.3. The summed E-state index contributed by atoms with van der Waals surface area (Å²) in [5, 5.41) is 3.30. The van der Waals surface area contributed by atoms with E-state index in [1.54, 1.807) is 24.3 Å². The maximum atomic E-state index is 12.8. The highest BCUT2D eigenvalue weighted by Gasteiger charge is 2.33. The molecule has 156 valence electrons. The van der Waals surface area contributed by atoms with E-state index in [4.69, 9.17) is 16.3 Å². The van der Waals surface area contributed by atoms with Crippen LogP contribution in [0.25, 0.3) is 0 Å². The van der Waals surface area contributed by atoms with Gasteiger partial charge < -0.3 is 19.5 Å². The van der Waals surface area contributed by atoms with Gasteiger partial charge in [0.1, 0.15) is 11.3 Å². The number of pyridine rings is 1. The number of halogens is 1. The average molecular weight is 430 g/mol. The average Bonchev–Trinajstić information content (AvgIpc) is 3.58. The molecule has 2 aliphatic rings. The van der Waals surface area contributed by atoms with Gasteiger partial charge in [0.05, 0.1) is 5.92 Å². The molecule has 1 fully saturated rings. The summed E-state index contributed by atoms with van der Waals surface area (Å²) in [6.07, 6.45) is 1.65. The Balaban J connectivity index is 1.43. The highest BCUT2D eigenvalue weighted by atomic mass is 35.5. The van der Waals surface area contributed by atoms with Crippen LogP contribution in [0.2, 0.25) is 5.02 Å². The first-order valence-electron chi connectivity index (χ1n) is 9.66. The number of carbonyl (C=O) groups excluding carboxylic acids is 3. The lowest BCUT2D eigenvalue weighted by Crippen LogP contribution is -2.47. The zero-order valence-corrected chi connectivity index (χ0v) is 16.9. The van der Waals surface area contributed by atoms with Crippen molar-refractivity contribution in [2.75, 3.05) is 13.3 Å². The van der Waals surface area contributed by atoms with Gasteiger partial charge in [-0.1, -0.05) is 23.7 Å². The van der Waals surface area contributed by atoms with Crippen LogP contribution in [0.15, 0.2) is 41.2 Å². The van der Waals surface area contributed by atoms with Gasteiger partial charge in [-0.05, 0) is 42.7 Å². The molecule has 2 heterocycles. The molecule has 1 aromatic heterocycles. The van der Waals surface area contributed by atoms with E-state index in [0.717, 1.165) is 18.4 Å². The van der Waals surface area contributed by atoms with Gasteiger partial charge in [0.25, 0.3) is 17.4 Å². The molecule has 0 spiro atoms. The van der Waals surface area contributed by atoms with E-state index >= 15 is 0 Å². The Kier molecular flexibility index (Phi) is 5.59. The second-order valence-corrected chi connectivity index (χ2v) is 7.77. The number of nitrogens with one attached hydrogen (secondary N) is 1. The minimum atomic E-state index is -0.524. The Labute approximate surface area is 177 Å². The van der Waals surface area contributed by atoms with Gasteiger partial charge in [-0.2, -0.15) is 0 Å². The molecular formula is C21H20ClN3O5. The molecule has 1 aliphatic carbocycles. The first-order valence-corrected chi connectivity index (χ1v) is 10.0. The van der Waals surface area contributed by atoms with E-state index in [-0.39, 0.29) is 49.5 Å². The molecule has 2 aromatic rings. The molecule has 0 radical (unpaired) electrons. The summed E-state index contributed by atoms with van der Waals surface area (Å²) in [5.74, 6) is -1.26. The molecule has 8 nitrogen and oxygen atoms in total. The smallest absolute Gasteiger partial charge is 0.310 e. The van der Waals surface area contributed by atoms with E-state index in [1.807, 2.05) is 0 Å². The van der Waals surface area contributed by atoms with Crippen LogP contribution in [0.4, 0.5) is 0 Å². The Bertz CT molecular complexity index is 1060. The lowest BCUT2D eigenvalue weighted by molar-refractivity contribution is -0.149. The second kappa shape index (κ2) is 8.31. The van der Waals surface area contributed by atoms with E-state index < -0.39 is 17.4 Å². The molecule has 4 rings (SSSR count). The van der Waals surface area contributed by atoms with Crippen LogP contribution < -0.4 is 10.9 Å². The summed E-state index contributed by atoms with van der Waals surface area (Å²) in [6.45, 7) is 0.556. The quantitative estimate of drug-likeness (QED) is 0.706. The fourth-order valence-electron chi connectivity index (χ4n) is 3.23. The Morgan fingerprint density at radius 1 is 1.07 bits per heavy atom. The number of nitrogens with zero attached hydrogens (tertiary/aromatic N) is 2. The van der Waals surface area contributed by atoms with Crippen LogP contribution in [-0.4, -0.2) is 40.5 Å². The lowest BCUT2D eigenvalue weighted by atomic mass is 10.1. The second-order valence-electron chi connectivity index (χ2n) is 7.33.